The summed E-state index contributed by atoms with van der Waals surface area (Å²) < 4.78 is 25.0. The summed E-state index contributed by atoms with van der Waals surface area (Å²) in [6, 6.07) is 12.9. The number of carbonyl (C=O) groups excluding carboxylic acids is 1. The van der Waals surface area contributed by atoms with E-state index in [9.17, 15) is 9.18 Å². The van der Waals surface area contributed by atoms with Crippen LogP contribution >= 0.6 is 0 Å². The molecule has 1 aliphatic heterocycles. The lowest BCUT2D eigenvalue weighted by Gasteiger charge is -2.38. The van der Waals surface area contributed by atoms with Crippen molar-refractivity contribution in [1.29, 1.82) is 0 Å². The highest BCUT2D eigenvalue weighted by atomic mass is 19.1. The number of halogens is 1. The average molecular weight is 426 g/mol. The van der Waals surface area contributed by atoms with Gasteiger partial charge in [0, 0.05) is 24.8 Å². The lowest BCUT2D eigenvalue weighted by atomic mass is 9.73. The maximum Gasteiger partial charge on any atom is 0.226 e. The van der Waals surface area contributed by atoms with Gasteiger partial charge in [-0.1, -0.05) is 43.5 Å². The topological polar surface area (TPSA) is 47.6 Å². The van der Waals surface area contributed by atoms with E-state index in [-0.39, 0.29) is 11.7 Å². The van der Waals surface area contributed by atoms with Crippen LogP contribution in [0.3, 0.4) is 0 Å². The standard InChI is InChI=1S/C26H32FNO3/c1-30-24-11-10-21(27)17-23(24)20-7-5-6-19(16-20)18-26(12-14-31-15-13-26)25(29)28-22-8-3-2-4-9-22/h5-7,10-11,16-17,22H,2-4,8-9,12-15,18H2,1H3,(H,28,29). The highest BCUT2D eigenvalue weighted by Gasteiger charge is 2.41. The highest BCUT2D eigenvalue weighted by Crippen LogP contribution is 2.37. The molecule has 0 radical (unpaired) electrons. The third-order valence-corrected chi connectivity index (χ3v) is 6.81. The predicted octanol–water partition coefficient (Wildman–Crippen LogP) is 5.29. The van der Waals surface area contributed by atoms with E-state index in [1.165, 1.54) is 31.4 Å². The zero-order chi connectivity index (χ0) is 21.7. The van der Waals surface area contributed by atoms with Gasteiger partial charge in [0.1, 0.15) is 11.6 Å². The van der Waals surface area contributed by atoms with E-state index in [1.807, 2.05) is 12.1 Å². The monoisotopic (exact) mass is 425 g/mol. The van der Waals surface area contributed by atoms with Gasteiger partial charge in [0.2, 0.25) is 5.91 Å². The number of methoxy groups -OCH3 is 1. The molecule has 0 spiro atoms. The quantitative estimate of drug-likeness (QED) is 0.684. The van der Waals surface area contributed by atoms with Crippen molar-refractivity contribution in [3.8, 4) is 16.9 Å². The van der Waals surface area contributed by atoms with E-state index in [2.05, 4.69) is 17.4 Å². The molecule has 1 N–H and O–H groups in total. The van der Waals surface area contributed by atoms with E-state index in [0.717, 1.165) is 42.4 Å². The molecule has 1 amide bonds. The zero-order valence-corrected chi connectivity index (χ0v) is 18.3. The van der Waals surface area contributed by atoms with Gasteiger partial charge in [0.25, 0.3) is 0 Å². The van der Waals surface area contributed by atoms with Crippen molar-refractivity contribution >= 4 is 5.91 Å². The second-order valence-electron chi connectivity index (χ2n) is 8.92. The lowest BCUT2D eigenvalue weighted by Crippen LogP contribution is -2.49. The van der Waals surface area contributed by atoms with Gasteiger partial charge >= 0.3 is 0 Å². The van der Waals surface area contributed by atoms with Crippen LogP contribution in [-0.4, -0.2) is 32.3 Å². The molecule has 4 rings (SSSR count). The van der Waals surface area contributed by atoms with Gasteiger partial charge in [-0.25, -0.2) is 4.39 Å². The molecule has 2 fully saturated rings. The molecule has 2 aliphatic rings. The summed E-state index contributed by atoms with van der Waals surface area (Å²) in [6.07, 6.45) is 7.90. The molecular formula is C26H32FNO3. The Morgan fingerprint density at radius 1 is 1.13 bits per heavy atom. The summed E-state index contributed by atoms with van der Waals surface area (Å²) in [5.41, 5.74) is 2.23. The van der Waals surface area contributed by atoms with Crippen molar-refractivity contribution in [2.45, 2.75) is 57.4 Å². The van der Waals surface area contributed by atoms with Gasteiger partial charge in [0.15, 0.2) is 0 Å². The first-order chi connectivity index (χ1) is 15.1. The second-order valence-corrected chi connectivity index (χ2v) is 8.92. The molecule has 0 unspecified atom stereocenters. The Kier molecular flexibility index (Phi) is 6.91. The SMILES string of the molecule is COc1ccc(F)cc1-c1cccc(CC2(C(=O)NC3CCCCC3)CCOCC2)c1. The molecule has 0 bridgehead atoms. The van der Waals surface area contributed by atoms with Crippen LogP contribution in [0, 0.1) is 11.2 Å². The first kappa shape index (κ1) is 21.8. The highest BCUT2D eigenvalue weighted by molar-refractivity contribution is 5.83. The van der Waals surface area contributed by atoms with Crippen LogP contribution in [0.4, 0.5) is 4.39 Å². The van der Waals surface area contributed by atoms with Crippen LogP contribution in [0.5, 0.6) is 5.75 Å². The van der Waals surface area contributed by atoms with Gasteiger partial charge < -0.3 is 14.8 Å². The summed E-state index contributed by atoms with van der Waals surface area (Å²) in [4.78, 5) is 13.5. The van der Waals surface area contributed by atoms with Gasteiger partial charge in [0.05, 0.1) is 12.5 Å². The Balaban J connectivity index is 1.58. The first-order valence-electron chi connectivity index (χ1n) is 11.4. The Bertz CT molecular complexity index is 901. The molecule has 2 aromatic rings. The molecule has 4 nitrogen and oxygen atoms in total. The maximum absolute atomic E-state index is 13.9. The summed E-state index contributed by atoms with van der Waals surface area (Å²) in [6.45, 7) is 1.21. The number of hydrogen-bond donors (Lipinski definition) is 1. The Morgan fingerprint density at radius 3 is 2.65 bits per heavy atom. The number of carbonyl (C=O) groups is 1. The molecule has 166 valence electrons. The fourth-order valence-electron chi connectivity index (χ4n) is 4.98. The van der Waals surface area contributed by atoms with Crippen LogP contribution in [0.25, 0.3) is 11.1 Å². The van der Waals surface area contributed by atoms with Crippen molar-refractivity contribution < 1.29 is 18.7 Å². The molecule has 0 aromatic heterocycles. The number of ether oxygens (including phenoxy) is 2. The van der Waals surface area contributed by atoms with Crippen molar-refractivity contribution in [3.05, 3.63) is 53.8 Å². The van der Waals surface area contributed by atoms with E-state index in [4.69, 9.17) is 9.47 Å². The molecule has 31 heavy (non-hydrogen) atoms. The predicted molar refractivity (Wildman–Crippen MR) is 120 cm³/mol. The first-order valence-corrected chi connectivity index (χ1v) is 11.4. The molecule has 2 aromatic carbocycles. The minimum Gasteiger partial charge on any atom is -0.496 e. The number of benzene rings is 2. The lowest BCUT2D eigenvalue weighted by molar-refractivity contribution is -0.137. The van der Waals surface area contributed by atoms with Crippen molar-refractivity contribution in [2.75, 3.05) is 20.3 Å². The molecule has 1 saturated carbocycles. The van der Waals surface area contributed by atoms with Crippen LogP contribution in [0.1, 0.15) is 50.5 Å². The van der Waals surface area contributed by atoms with Gasteiger partial charge in [-0.15, -0.1) is 0 Å². The number of hydrogen-bond acceptors (Lipinski definition) is 3. The van der Waals surface area contributed by atoms with Gasteiger partial charge in [-0.3, -0.25) is 4.79 Å². The molecule has 1 heterocycles. The molecule has 1 aliphatic carbocycles. The van der Waals surface area contributed by atoms with Crippen molar-refractivity contribution in [1.82, 2.24) is 5.32 Å². The Morgan fingerprint density at radius 2 is 1.90 bits per heavy atom. The van der Waals surface area contributed by atoms with Crippen LogP contribution < -0.4 is 10.1 Å². The minimum absolute atomic E-state index is 0.163. The van der Waals surface area contributed by atoms with Crippen LogP contribution in [0.15, 0.2) is 42.5 Å². The van der Waals surface area contributed by atoms with E-state index < -0.39 is 5.41 Å². The number of nitrogens with one attached hydrogen (secondary N) is 1. The normalized spacial score (nSPS) is 19.0. The van der Waals surface area contributed by atoms with Crippen molar-refractivity contribution in [3.63, 3.8) is 0 Å². The average Bonchev–Trinajstić information content (AvgIpc) is 2.80. The smallest absolute Gasteiger partial charge is 0.226 e. The Labute approximate surface area is 184 Å². The van der Waals surface area contributed by atoms with Crippen LogP contribution in [0.2, 0.25) is 0 Å². The van der Waals surface area contributed by atoms with Crippen molar-refractivity contribution in [2.24, 2.45) is 5.41 Å². The van der Waals surface area contributed by atoms with Gasteiger partial charge in [-0.2, -0.15) is 0 Å². The maximum atomic E-state index is 13.9. The largest absolute Gasteiger partial charge is 0.496 e. The van der Waals surface area contributed by atoms with E-state index in [1.54, 1.807) is 13.2 Å². The van der Waals surface area contributed by atoms with Gasteiger partial charge in [-0.05, 0) is 61.4 Å². The minimum atomic E-state index is -0.458. The summed E-state index contributed by atoms with van der Waals surface area (Å²) in [5.74, 6) is 0.500. The third kappa shape index (κ3) is 5.09. The number of amides is 1. The fraction of sp³-hybridized carbons (Fsp3) is 0.500. The Hall–Kier alpha value is -2.40. The second kappa shape index (κ2) is 9.82. The fourth-order valence-corrected chi connectivity index (χ4v) is 4.98. The molecule has 1 saturated heterocycles. The molecular weight excluding hydrogens is 393 g/mol. The zero-order valence-electron chi connectivity index (χ0n) is 18.3. The molecule has 5 heteroatoms. The summed E-state index contributed by atoms with van der Waals surface area (Å²) in [7, 11) is 1.59. The summed E-state index contributed by atoms with van der Waals surface area (Å²) >= 11 is 0. The van der Waals surface area contributed by atoms with E-state index in [0.29, 0.717) is 31.4 Å². The van der Waals surface area contributed by atoms with Crippen LogP contribution in [-0.2, 0) is 16.0 Å². The number of rotatable bonds is 6. The third-order valence-electron chi connectivity index (χ3n) is 6.81. The van der Waals surface area contributed by atoms with E-state index >= 15 is 0 Å². The summed E-state index contributed by atoms with van der Waals surface area (Å²) in [5, 5.41) is 3.36. The molecule has 0 atom stereocenters.